The molecule has 22 heavy (non-hydrogen) atoms. The van der Waals surface area contributed by atoms with Gasteiger partial charge in [-0.05, 0) is 17.5 Å². The molecule has 2 aliphatic rings. The van der Waals surface area contributed by atoms with Gasteiger partial charge in [0.15, 0.2) is 0 Å². The molecule has 3 atom stereocenters. The molecule has 0 aliphatic carbocycles. The van der Waals surface area contributed by atoms with E-state index < -0.39 is 0 Å². The fourth-order valence-corrected chi connectivity index (χ4v) is 3.58. The topological polar surface area (TPSA) is 21.7 Å². The number of nitrogens with zero attached hydrogens (tertiary/aromatic N) is 1. The van der Waals surface area contributed by atoms with Crippen molar-refractivity contribution in [3.8, 4) is 0 Å². The lowest BCUT2D eigenvalue weighted by molar-refractivity contribution is -0.0620. The van der Waals surface area contributed by atoms with Gasteiger partial charge in [-0.2, -0.15) is 0 Å². The van der Waals surface area contributed by atoms with Crippen molar-refractivity contribution in [2.45, 2.75) is 31.3 Å². The van der Waals surface area contributed by atoms with E-state index in [9.17, 15) is 0 Å². The molecule has 4 rings (SSSR count). The molecule has 0 radical (unpaired) electrons. The zero-order valence-corrected chi connectivity index (χ0v) is 12.8. The van der Waals surface area contributed by atoms with E-state index in [0.717, 1.165) is 19.6 Å². The third kappa shape index (κ3) is 2.09. The first kappa shape index (κ1) is 13.9. The van der Waals surface area contributed by atoms with Crippen LogP contribution in [0.2, 0.25) is 0 Å². The first-order chi connectivity index (χ1) is 10.8. The minimum absolute atomic E-state index is 0.0129. The number of rotatable bonds is 3. The van der Waals surface area contributed by atoms with E-state index in [1.807, 2.05) is 12.1 Å². The Labute approximate surface area is 131 Å². The monoisotopic (exact) mass is 295 g/mol. The molecule has 0 spiro atoms. The molecule has 2 aromatic carbocycles. The molecule has 2 aliphatic heterocycles. The van der Waals surface area contributed by atoms with Gasteiger partial charge in [0.1, 0.15) is 12.5 Å². The van der Waals surface area contributed by atoms with Gasteiger partial charge in [0.25, 0.3) is 0 Å². The molecule has 0 aromatic heterocycles. The van der Waals surface area contributed by atoms with Gasteiger partial charge >= 0.3 is 0 Å². The van der Waals surface area contributed by atoms with Crippen LogP contribution in [0, 0.1) is 0 Å². The Kier molecular flexibility index (Phi) is 3.49. The van der Waals surface area contributed by atoms with Crippen molar-refractivity contribution in [2.24, 2.45) is 0 Å². The minimum Gasteiger partial charge on any atom is -0.357 e. The quantitative estimate of drug-likeness (QED) is 0.857. The van der Waals surface area contributed by atoms with Gasteiger partial charge in [-0.3, -0.25) is 0 Å². The van der Waals surface area contributed by atoms with Crippen LogP contribution in [0.3, 0.4) is 0 Å². The SMILES string of the molecule is CCC12CO[C@H](c3ccccc3)N1[C@H](c1ccccc1)OC2. The summed E-state index contributed by atoms with van der Waals surface area (Å²) in [6.07, 6.45) is 0.961. The Morgan fingerprint density at radius 3 is 1.73 bits per heavy atom. The molecule has 2 aromatic rings. The van der Waals surface area contributed by atoms with E-state index in [4.69, 9.17) is 9.47 Å². The molecule has 1 unspecified atom stereocenters. The van der Waals surface area contributed by atoms with E-state index in [-0.39, 0.29) is 18.0 Å². The predicted molar refractivity (Wildman–Crippen MR) is 85.1 cm³/mol. The summed E-state index contributed by atoms with van der Waals surface area (Å²) < 4.78 is 12.4. The summed E-state index contributed by atoms with van der Waals surface area (Å²) in [5, 5.41) is 0. The summed E-state index contributed by atoms with van der Waals surface area (Å²) in [4.78, 5) is 2.43. The molecule has 3 nitrogen and oxygen atoms in total. The Bertz CT molecular complexity index is 577. The van der Waals surface area contributed by atoms with Crippen molar-refractivity contribution < 1.29 is 9.47 Å². The molecule has 3 heteroatoms. The summed E-state index contributed by atoms with van der Waals surface area (Å²) >= 11 is 0. The summed E-state index contributed by atoms with van der Waals surface area (Å²) in [5.41, 5.74) is 2.38. The maximum absolute atomic E-state index is 6.20. The molecule has 0 bridgehead atoms. The number of hydrogen-bond acceptors (Lipinski definition) is 3. The zero-order chi connectivity index (χ0) is 15.0. The van der Waals surface area contributed by atoms with Crippen LogP contribution in [0.1, 0.15) is 36.9 Å². The fraction of sp³-hybridized carbons (Fsp3) is 0.368. The predicted octanol–water partition coefficient (Wildman–Crippen LogP) is 3.90. The van der Waals surface area contributed by atoms with E-state index in [0.29, 0.717) is 0 Å². The van der Waals surface area contributed by atoms with Gasteiger partial charge in [-0.15, -0.1) is 0 Å². The van der Waals surface area contributed by atoms with Crippen molar-refractivity contribution in [3.63, 3.8) is 0 Å². The standard InChI is InChI=1S/C19H21NO2/c1-2-19-13-21-17(15-9-5-3-6-10-15)20(19)18(22-14-19)16-11-7-4-8-12-16/h3-12,17-18H,2,13-14H2,1H3/t17-,18+,19?. The second-order valence-corrected chi connectivity index (χ2v) is 6.13. The van der Waals surface area contributed by atoms with Gasteiger partial charge in [-0.25, -0.2) is 4.90 Å². The van der Waals surface area contributed by atoms with Gasteiger partial charge in [0.2, 0.25) is 0 Å². The Hall–Kier alpha value is -1.68. The van der Waals surface area contributed by atoms with E-state index in [2.05, 4.69) is 60.4 Å². The number of benzene rings is 2. The van der Waals surface area contributed by atoms with Gasteiger partial charge in [0, 0.05) is 0 Å². The minimum atomic E-state index is -0.0335. The Morgan fingerprint density at radius 2 is 1.32 bits per heavy atom. The van der Waals surface area contributed by atoms with Crippen LogP contribution in [0.25, 0.3) is 0 Å². The number of ether oxygens (including phenoxy) is 2. The summed E-state index contributed by atoms with van der Waals surface area (Å²) in [6.45, 7) is 3.68. The van der Waals surface area contributed by atoms with Crippen molar-refractivity contribution in [3.05, 3.63) is 71.8 Å². The third-order valence-corrected chi connectivity index (χ3v) is 4.90. The highest BCUT2D eigenvalue weighted by Gasteiger charge is 2.55. The maximum Gasteiger partial charge on any atom is 0.139 e. The molecule has 2 fully saturated rings. The van der Waals surface area contributed by atoms with Crippen LogP contribution in [0.5, 0.6) is 0 Å². The summed E-state index contributed by atoms with van der Waals surface area (Å²) in [5.74, 6) is 0. The molecular formula is C19H21NO2. The van der Waals surface area contributed by atoms with Crippen molar-refractivity contribution >= 4 is 0 Å². The van der Waals surface area contributed by atoms with Crippen molar-refractivity contribution in [1.82, 2.24) is 4.90 Å². The lowest BCUT2D eigenvalue weighted by atomic mass is 9.97. The average Bonchev–Trinajstić information content (AvgIpc) is 3.14. The second kappa shape index (κ2) is 5.51. The maximum atomic E-state index is 6.20. The van der Waals surface area contributed by atoms with Crippen LogP contribution in [0.15, 0.2) is 60.7 Å². The van der Waals surface area contributed by atoms with Crippen LogP contribution >= 0.6 is 0 Å². The van der Waals surface area contributed by atoms with Crippen LogP contribution in [-0.4, -0.2) is 23.7 Å². The van der Waals surface area contributed by atoms with Gasteiger partial charge < -0.3 is 9.47 Å². The highest BCUT2D eigenvalue weighted by atomic mass is 16.6. The van der Waals surface area contributed by atoms with E-state index >= 15 is 0 Å². The third-order valence-electron chi connectivity index (χ3n) is 4.90. The molecule has 114 valence electrons. The largest absolute Gasteiger partial charge is 0.357 e. The second-order valence-electron chi connectivity index (χ2n) is 6.13. The van der Waals surface area contributed by atoms with Gasteiger partial charge in [-0.1, -0.05) is 67.6 Å². The van der Waals surface area contributed by atoms with Crippen LogP contribution < -0.4 is 0 Å². The first-order valence-electron chi connectivity index (χ1n) is 7.96. The van der Waals surface area contributed by atoms with Crippen LogP contribution in [0.4, 0.5) is 0 Å². The lowest BCUT2D eigenvalue weighted by Gasteiger charge is -2.33. The molecular weight excluding hydrogens is 274 g/mol. The normalized spacial score (nSPS) is 31.3. The van der Waals surface area contributed by atoms with Gasteiger partial charge in [0.05, 0.1) is 18.8 Å². The highest BCUT2D eigenvalue weighted by molar-refractivity contribution is 5.24. The van der Waals surface area contributed by atoms with Crippen molar-refractivity contribution in [2.75, 3.05) is 13.2 Å². The smallest absolute Gasteiger partial charge is 0.139 e. The molecule has 0 amide bonds. The zero-order valence-electron chi connectivity index (χ0n) is 12.8. The van der Waals surface area contributed by atoms with Crippen molar-refractivity contribution in [1.29, 1.82) is 0 Å². The first-order valence-corrected chi connectivity index (χ1v) is 7.96. The lowest BCUT2D eigenvalue weighted by Crippen LogP contribution is -2.43. The molecule has 0 saturated carbocycles. The number of hydrogen-bond donors (Lipinski definition) is 0. The molecule has 2 heterocycles. The number of fused-ring (bicyclic) bond motifs is 1. The average molecular weight is 295 g/mol. The molecule has 0 N–H and O–H groups in total. The Balaban J connectivity index is 1.74. The highest BCUT2D eigenvalue weighted by Crippen LogP contribution is 2.50. The summed E-state index contributed by atoms with van der Waals surface area (Å²) in [7, 11) is 0. The van der Waals surface area contributed by atoms with E-state index in [1.54, 1.807) is 0 Å². The summed E-state index contributed by atoms with van der Waals surface area (Å²) in [6, 6.07) is 20.9. The van der Waals surface area contributed by atoms with Crippen LogP contribution in [-0.2, 0) is 9.47 Å². The van der Waals surface area contributed by atoms with E-state index in [1.165, 1.54) is 11.1 Å². The Morgan fingerprint density at radius 1 is 0.864 bits per heavy atom. The molecule has 2 saturated heterocycles. The fourth-order valence-electron chi connectivity index (χ4n) is 3.58.